The summed E-state index contributed by atoms with van der Waals surface area (Å²) in [5.74, 6) is 0. The molecule has 3 aromatic heterocycles. The minimum Gasteiger partial charge on any atom is -0.329 e. The molecule has 136 valence electrons. The van der Waals surface area contributed by atoms with Crippen LogP contribution in [0.1, 0.15) is 30.6 Å². The number of imidazole rings is 1. The summed E-state index contributed by atoms with van der Waals surface area (Å²) in [5.41, 5.74) is 5.47. The summed E-state index contributed by atoms with van der Waals surface area (Å²) < 4.78 is 2.12. The van der Waals surface area contributed by atoms with Crippen molar-refractivity contribution in [3.05, 3.63) is 71.4 Å². The zero-order valence-electron chi connectivity index (χ0n) is 15.1. The van der Waals surface area contributed by atoms with Gasteiger partial charge in [-0.15, -0.1) is 0 Å². The van der Waals surface area contributed by atoms with E-state index < -0.39 is 0 Å². The van der Waals surface area contributed by atoms with Gasteiger partial charge in [0.2, 0.25) is 0 Å². The van der Waals surface area contributed by atoms with Gasteiger partial charge in [0, 0.05) is 23.0 Å². The molecular weight excluding hydrogens is 360 g/mol. The first-order valence-corrected chi connectivity index (χ1v) is 9.16. The van der Waals surface area contributed by atoms with E-state index in [2.05, 4.69) is 49.0 Å². The Morgan fingerprint density at radius 3 is 2.59 bits per heavy atom. The second kappa shape index (κ2) is 7.32. The Balaban J connectivity index is 1.66. The van der Waals surface area contributed by atoms with Crippen LogP contribution in [-0.2, 0) is 0 Å². The van der Waals surface area contributed by atoms with Gasteiger partial charge in [0.05, 0.1) is 23.8 Å². The summed E-state index contributed by atoms with van der Waals surface area (Å²) in [6.07, 6.45) is 6.61. The van der Waals surface area contributed by atoms with Crippen LogP contribution in [0.2, 0.25) is 5.02 Å². The van der Waals surface area contributed by atoms with Crippen molar-refractivity contribution in [2.45, 2.75) is 26.3 Å². The second-order valence-electron chi connectivity index (χ2n) is 6.37. The SMILES string of the molecule is CCC(c1ccc(Cl)cc1)n1cnc(-c2cc(-c3n[nH]nc3C)ccn2)c1. The minimum absolute atomic E-state index is 0.199. The normalized spacial score (nSPS) is 12.3. The van der Waals surface area contributed by atoms with Crippen LogP contribution in [-0.4, -0.2) is 29.9 Å². The Morgan fingerprint density at radius 1 is 1.07 bits per heavy atom. The molecule has 0 aliphatic carbocycles. The molecule has 0 aliphatic heterocycles. The molecule has 0 spiro atoms. The molecule has 0 bridgehead atoms. The van der Waals surface area contributed by atoms with Crippen molar-refractivity contribution in [1.82, 2.24) is 29.9 Å². The third kappa shape index (κ3) is 3.48. The van der Waals surface area contributed by atoms with E-state index >= 15 is 0 Å². The van der Waals surface area contributed by atoms with Crippen LogP contribution in [0.3, 0.4) is 0 Å². The monoisotopic (exact) mass is 378 g/mol. The van der Waals surface area contributed by atoms with Crippen molar-refractivity contribution in [2.24, 2.45) is 0 Å². The van der Waals surface area contributed by atoms with E-state index in [1.165, 1.54) is 5.56 Å². The number of halogens is 1. The van der Waals surface area contributed by atoms with E-state index in [4.69, 9.17) is 11.6 Å². The quantitative estimate of drug-likeness (QED) is 0.546. The third-order valence-electron chi connectivity index (χ3n) is 4.62. The van der Waals surface area contributed by atoms with Crippen molar-refractivity contribution in [3.8, 4) is 22.6 Å². The van der Waals surface area contributed by atoms with Gasteiger partial charge in [0.1, 0.15) is 11.4 Å². The third-order valence-corrected chi connectivity index (χ3v) is 4.87. The van der Waals surface area contributed by atoms with Crippen molar-refractivity contribution < 1.29 is 0 Å². The van der Waals surface area contributed by atoms with E-state index in [1.807, 2.05) is 43.7 Å². The number of H-pyrrole nitrogens is 1. The lowest BCUT2D eigenvalue weighted by molar-refractivity contribution is 0.566. The zero-order chi connectivity index (χ0) is 18.8. The smallest absolute Gasteiger partial charge is 0.115 e. The molecule has 27 heavy (non-hydrogen) atoms. The fourth-order valence-corrected chi connectivity index (χ4v) is 3.34. The van der Waals surface area contributed by atoms with Crippen molar-refractivity contribution in [3.63, 3.8) is 0 Å². The number of hydrogen-bond donors (Lipinski definition) is 1. The van der Waals surface area contributed by atoms with E-state index in [0.29, 0.717) is 0 Å². The molecular formula is C20H19ClN6. The highest BCUT2D eigenvalue weighted by Gasteiger charge is 2.14. The van der Waals surface area contributed by atoms with Gasteiger partial charge < -0.3 is 4.57 Å². The summed E-state index contributed by atoms with van der Waals surface area (Å²) in [5, 5.41) is 11.7. The molecule has 1 atom stereocenters. The molecule has 0 amide bonds. The summed E-state index contributed by atoms with van der Waals surface area (Å²) in [4.78, 5) is 9.05. The lowest BCUT2D eigenvalue weighted by Gasteiger charge is -2.17. The molecule has 6 nitrogen and oxygen atoms in total. The van der Waals surface area contributed by atoms with Gasteiger partial charge >= 0.3 is 0 Å². The second-order valence-corrected chi connectivity index (χ2v) is 6.81. The molecule has 1 aromatic carbocycles. The minimum atomic E-state index is 0.199. The first kappa shape index (κ1) is 17.4. The number of benzene rings is 1. The van der Waals surface area contributed by atoms with Gasteiger partial charge in [-0.3, -0.25) is 4.98 Å². The largest absolute Gasteiger partial charge is 0.329 e. The lowest BCUT2D eigenvalue weighted by atomic mass is 10.0. The molecule has 1 N–H and O–H groups in total. The number of nitrogens with zero attached hydrogens (tertiary/aromatic N) is 5. The maximum atomic E-state index is 6.02. The molecule has 0 radical (unpaired) electrons. The average molecular weight is 379 g/mol. The highest BCUT2D eigenvalue weighted by molar-refractivity contribution is 6.30. The Morgan fingerprint density at radius 2 is 1.89 bits per heavy atom. The molecule has 4 aromatic rings. The summed E-state index contributed by atoms with van der Waals surface area (Å²) >= 11 is 6.02. The van der Waals surface area contributed by atoms with Crippen LogP contribution in [0.4, 0.5) is 0 Å². The Kier molecular flexibility index (Phi) is 4.73. The predicted octanol–water partition coefficient (Wildman–Crippen LogP) is 4.69. The van der Waals surface area contributed by atoms with Gasteiger partial charge in [0.25, 0.3) is 0 Å². The van der Waals surface area contributed by atoms with Crippen molar-refractivity contribution in [2.75, 3.05) is 0 Å². The first-order chi connectivity index (χ1) is 13.2. The van der Waals surface area contributed by atoms with Crippen molar-refractivity contribution >= 4 is 11.6 Å². The molecule has 3 heterocycles. The number of aromatic amines is 1. The standard InChI is InChI=1S/C20H19ClN6/c1-3-19(14-4-6-16(21)7-5-14)27-11-18(23-12-27)17-10-15(8-9-22-17)20-13(2)24-26-25-20/h4-12,19H,3H2,1-2H3,(H,24,25,26). The fraction of sp³-hybridized carbons (Fsp3) is 0.200. The van der Waals surface area contributed by atoms with Crippen LogP contribution in [0.25, 0.3) is 22.6 Å². The zero-order valence-corrected chi connectivity index (χ0v) is 15.9. The van der Waals surface area contributed by atoms with E-state index in [-0.39, 0.29) is 6.04 Å². The Hall–Kier alpha value is -2.99. The topological polar surface area (TPSA) is 72.3 Å². The van der Waals surface area contributed by atoms with Gasteiger partial charge in [-0.05, 0) is 43.2 Å². The highest BCUT2D eigenvalue weighted by atomic mass is 35.5. The van der Waals surface area contributed by atoms with Gasteiger partial charge in [-0.2, -0.15) is 15.4 Å². The Bertz CT molecular complexity index is 1050. The molecule has 7 heteroatoms. The van der Waals surface area contributed by atoms with Crippen molar-refractivity contribution in [1.29, 1.82) is 0 Å². The number of aromatic nitrogens is 6. The molecule has 0 fully saturated rings. The van der Waals surface area contributed by atoms with Gasteiger partial charge in [-0.1, -0.05) is 30.7 Å². The average Bonchev–Trinajstić information content (AvgIpc) is 3.33. The number of aryl methyl sites for hydroxylation is 1. The van der Waals surface area contributed by atoms with Gasteiger partial charge in [-0.25, -0.2) is 4.98 Å². The molecule has 1 unspecified atom stereocenters. The van der Waals surface area contributed by atoms with E-state index in [1.54, 1.807) is 6.20 Å². The maximum absolute atomic E-state index is 6.02. The number of pyridine rings is 1. The molecule has 0 aliphatic rings. The van der Waals surface area contributed by atoms with Gasteiger partial charge in [0.15, 0.2) is 0 Å². The summed E-state index contributed by atoms with van der Waals surface area (Å²) in [6.45, 7) is 4.08. The molecule has 0 saturated carbocycles. The highest BCUT2D eigenvalue weighted by Crippen LogP contribution is 2.27. The molecule has 0 saturated heterocycles. The first-order valence-electron chi connectivity index (χ1n) is 8.79. The van der Waals surface area contributed by atoms with Crippen LogP contribution in [0, 0.1) is 6.92 Å². The number of hydrogen-bond acceptors (Lipinski definition) is 4. The summed E-state index contributed by atoms with van der Waals surface area (Å²) in [7, 11) is 0. The van der Waals surface area contributed by atoms with Crippen LogP contribution in [0.15, 0.2) is 55.1 Å². The van der Waals surface area contributed by atoms with Crippen LogP contribution in [0.5, 0.6) is 0 Å². The van der Waals surface area contributed by atoms with E-state index in [0.717, 1.165) is 39.8 Å². The fourth-order valence-electron chi connectivity index (χ4n) is 3.22. The number of rotatable bonds is 5. The predicted molar refractivity (Wildman–Crippen MR) is 105 cm³/mol. The van der Waals surface area contributed by atoms with Crippen LogP contribution >= 0.6 is 11.6 Å². The van der Waals surface area contributed by atoms with Crippen LogP contribution < -0.4 is 0 Å². The lowest BCUT2D eigenvalue weighted by Crippen LogP contribution is -2.07. The summed E-state index contributed by atoms with van der Waals surface area (Å²) in [6, 6.07) is 12.1. The molecule has 4 rings (SSSR count). The Labute approximate surface area is 162 Å². The maximum Gasteiger partial charge on any atom is 0.115 e. The van der Waals surface area contributed by atoms with E-state index in [9.17, 15) is 0 Å². The number of nitrogens with one attached hydrogen (secondary N) is 1.